The van der Waals surface area contributed by atoms with E-state index in [0.29, 0.717) is 122 Å². The molecule has 6 aromatic carbocycles. The Morgan fingerprint density at radius 3 is 1.22 bits per heavy atom. The first-order valence-corrected chi connectivity index (χ1v) is 43.9. The molecule has 3 saturated carbocycles. The van der Waals surface area contributed by atoms with Gasteiger partial charge in [0.05, 0.1) is 98.6 Å². The predicted octanol–water partition coefficient (Wildman–Crippen LogP) is 9.91. The number of nitrogens with two attached hydrogens (primary N) is 3. The number of methoxy groups -OCH3 is 1. The van der Waals surface area contributed by atoms with Gasteiger partial charge in [-0.1, -0.05) is 72.3 Å². The van der Waals surface area contributed by atoms with Crippen LogP contribution in [0.4, 0.5) is 13.2 Å². The van der Waals surface area contributed by atoms with Crippen molar-refractivity contribution in [2.75, 3.05) is 13.7 Å². The number of benzene rings is 6. The molecule has 0 bridgehead atoms. The molecular formula is C87H91BClF3LiN9O18S3. The Bertz CT molecular complexity index is 6270. The zero-order valence-corrected chi connectivity index (χ0v) is 71.7. The topological polar surface area (TPSA) is 400 Å². The number of esters is 2. The van der Waals surface area contributed by atoms with Crippen LogP contribution < -0.4 is 55.7 Å². The molecule has 8 N–H and O–H groups in total. The van der Waals surface area contributed by atoms with Crippen LogP contribution in [0.2, 0.25) is 5.02 Å². The summed E-state index contributed by atoms with van der Waals surface area (Å²) in [5.74, 6) is -1.87. The number of aromatic nitrogens is 6. The number of carboxylic acid groups (broad SMARTS) is 1. The van der Waals surface area contributed by atoms with Crippen LogP contribution in [-0.2, 0) is 122 Å². The molecule has 36 heteroatoms. The van der Waals surface area contributed by atoms with E-state index in [1.807, 2.05) is 70.2 Å². The zero-order chi connectivity index (χ0) is 86.5. The van der Waals surface area contributed by atoms with Crippen molar-refractivity contribution < 1.29 is 115 Å². The summed E-state index contributed by atoms with van der Waals surface area (Å²) in [6.45, 7) is 10.1. The van der Waals surface area contributed by atoms with Gasteiger partial charge in [-0.2, -0.15) is 0 Å². The smallest absolute Gasteiger partial charge is 0.870 e. The minimum Gasteiger partial charge on any atom is -0.870 e. The van der Waals surface area contributed by atoms with Gasteiger partial charge >= 0.3 is 43.9 Å². The maximum Gasteiger partial charge on any atom is 1.00 e. The number of para-hydroxylation sites is 3. The second kappa shape index (κ2) is 39.2. The molecule has 12 aromatic rings. The van der Waals surface area contributed by atoms with Crippen LogP contribution in [0.1, 0.15) is 124 Å². The zero-order valence-electron chi connectivity index (χ0n) is 68.5. The molecule has 4 fully saturated rings. The number of rotatable bonds is 28. The minimum atomic E-state index is -3.59. The van der Waals surface area contributed by atoms with Crippen molar-refractivity contribution in [3.63, 3.8) is 0 Å². The van der Waals surface area contributed by atoms with Gasteiger partial charge in [-0.15, -0.1) is 0 Å². The first-order chi connectivity index (χ1) is 57.8. The molecule has 0 spiro atoms. The molecular weight excluding hydrogens is 1670 g/mol. The molecule has 1 saturated heterocycles. The summed E-state index contributed by atoms with van der Waals surface area (Å²) in [5.41, 5.74) is 23.4. The first-order valence-electron chi connectivity index (χ1n) is 39.0. The van der Waals surface area contributed by atoms with Crippen LogP contribution in [-0.4, -0.2) is 128 Å². The summed E-state index contributed by atoms with van der Waals surface area (Å²) in [4.78, 5) is 46.8. The molecule has 3 aliphatic carbocycles. The van der Waals surface area contributed by atoms with Crippen LogP contribution in [0.5, 0.6) is 17.2 Å². The standard InChI is InChI=1S/C28H28FN3O5S.C27H32BNO7S.C26H24FN3O5S.C6H6ClFN2.Li.H2O/c1-2-36-27(33)15-19-5-3-4-6-26(19)37-17-18-13-23(22-9-11-31-24(16-30)28(22)29)21-10-12-32(25(21)14-18)38(34,35)20-7-8-20;1-26(2)27(3,4)36-28(35-26)22-14-18(17-34-24-9-7-6-8-19(24)16-25(30)33-5)15-23-21(22)12-13-29(23)37(31,32)20-10-11-20;27-26-20(7-9-29-22(26)14-28)21-11-16(15-35-24-4-2-1-3-17(24)13-25(31)32)12-23-19(21)8-10-30(23)36(33,34)18-5-6-18;7-4-1-2-10-5(3-9)6(4)8;;/h3-6,9-14,20H,2,7-8,15-17,30H2,1H3;6-9,12-15,20H,10-11,16-17H2,1-5H3;1-4,7-12,18H,5-6,13-15,28H2,(H,31,32);1-2H,3,9H2;;1H2/q;;;;+1;/p-1. The van der Waals surface area contributed by atoms with Crippen molar-refractivity contribution in [1.29, 1.82) is 0 Å². The monoisotopic (exact) mass is 1760 g/mol. The Kier molecular flexibility index (Phi) is 29.7. The first kappa shape index (κ1) is 93.3. The van der Waals surface area contributed by atoms with E-state index in [0.717, 1.165) is 16.4 Å². The molecule has 27 nitrogen and oxygen atoms in total. The fourth-order valence-corrected chi connectivity index (χ4v) is 19.1. The maximum atomic E-state index is 15.3. The van der Waals surface area contributed by atoms with Gasteiger partial charge in [0.25, 0.3) is 0 Å². The Hall–Kier alpha value is -10.4. The number of carbonyl (C=O) groups is 3. The molecule has 0 amide bonds. The fraction of sp³-hybridized carbons (Fsp3) is 0.310. The quantitative estimate of drug-likeness (QED) is 0.0261. The average molecular weight is 1760 g/mol. The number of halogens is 4. The van der Waals surface area contributed by atoms with Crippen molar-refractivity contribution in [3.05, 3.63) is 256 Å². The maximum absolute atomic E-state index is 15.3. The van der Waals surface area contributed by atoms with Gasteiger partial charge in [0.2, 0.25) is 30.1 Å². The van der Waals surface area contributed by atoms with Gasteiger partial charge in [-0.25, -0.2) is 50.3 Å². The Morgan fingerprint density at radius 2 is 0.854 bits per heavy atom. The molecule has 642 valence electrons. The second-order valence-electron chi connectivity index (χ2n) is 30.3. The van der Waals surface area contributed by atoms with Crippen molar-refractivity contribution in [2.24, 2.45) is 17.2 Å². The summed E-state index contributed by atoms with van der Waals surface area (Å²) >= 11 is 5.42. The van der Waals surface area contributed by atoms with Gasteiger partial charge in [0.15, 0.2) is 17.5 Å². The van der Waals surface area contributed by atoms with Gasteiger partial charge in [-0.05, 0) is 191 Å². The van der Waals surface area contributed by atoms with Crippen LogP contribution in [0.15, 0.2) is 183 Å². The summed E-state index contributed by atoms with van der Waals surface area (Å²) < 4.78 is 167. The molecule has 0 unspecified atom stereocenters. The third-order valence-corrected chi connectivity index (χ3v) is 28.2. The molecule has 16 rings (SSSR count). The number of fused-ring (bicyclic) bond motifs is 3. The van der Waals surface area contributed by atoms with Crippen LogP contribution in [0, 0.1) is 17.5 Å². The summed E-state index contributed by atoms with van der Waals surface area (Å²) in [6.07, 6.45) is 12.8. The largest absolute Gasteiger partial charge is 1.00 e. The number of carboxylic acids is 1. The van der Waals surface area contributed by atoms with Gasteiger partial charge < -0.3 is 60.8 Å². The molecule has 6 aromatic heterocycles. The number of nitrogens with zero attached hydrogens (tertiary/aromatic N) is 6. The third kappa shape index (κ3) is 20.8. The number of hydrogen-bond acceptors (Lipinski definition) is 23. The molecule has 7 heterocycles. The molecule has 1 aliphatic heterocycles. The summed E-state index contributed by atoms with van der Waals surface area (Å²) in [6, 6.07) is 41.6. The molecule has 4 aliphatic rings. The van der Waals surface area contributed by atoms with Gasteiger partial charge in [-0.3, -0.25) is 29.3 Å². The third-order valence-electron chi connectivity index (χ3n) is 21.3. The normalized spacial score (nSPS) is 14.7. The SMILES string of the molecule is CCOC(=O)Cc1ccccc1OCc1cc(-c2ccnc(CN)c2F)c2ccn(S(=O)(=O)C3CC3)c2c1.COC(=O)Cc1ccccc1OCc1cc(B2OC(C)(C)C(C)(C)O2)c2ccn(S(=O)(=O)C3CC3)c2c1.NCc1nccc(-c2cc(COc3ccccc3CC(=O)O)cc3c2ccn3S(=O)(=O)C2CC2)c1F.NCc1nccc(Cl)c1F.[Li+].[OH-]. The van der Waals surface area contributed by atoms with Crippen LogP contribution in [0.3, 0.4) is 0 Å². The fourth-order valence-electron chi connectivity index (χ4n) is 13.9. The summed E-state index contributed by atoms with van der Waals surface area (Å²) in [5, 5.41) is 9.98. The minimum absolute atomic E-state index is 0. The number of pyridine rings is 3. The van der Waals surface area contributed by atoms with E-state index in [1.54, 1.807) is 104 Å². The number of ether oxygens (including phenoxy) is 5. The van der Waals surface area contributed by atoms with E-state index < -0.39 is 82.3 Å². The Morgan fingerprint density at radius 1 is 0.504 bits per heavy atom. The number of hydrogen-bond donors (Lipinski definition) is 4. The van der Waals surface area contributed by atoms with Crippen molar-refractivity contribution in [2.45, 2.75) is 159 Å². The van der Waals surface area contributed by atoms with E-state index in [1.165, 1.54) is 62.1 Å². The predicted molar refractivity (Wildman–Crippen MR) is 454 cm³/mol. The van der Waals surface area contributed by atoms with Crippen molar-refractivity contribution >= 4 is 105 Å². The van der Waals surface area contributed by atoms with E-state index in [2.05, 4.69) is 15.0 Å². The molecule has 0 atom stereocenters. The van der Waals surface area contributed by atoms with Gasteiger partial charge in [0, 0.05) is 101 Å². The van der Waals surface area contributed by atoms with E-state index in [-0.39, 0.29) is 140 Å². The van der Waals surface area contributed by atoms with E-state index in [9.17, 15) is 49.1 Å². The second-order valence-corrected chi connectivity index (χ2v) is 37.0. The molecule has 123 heavy (non-hydrogen) atoms. The Balaban J connectivity index is 0.000000168. The van der Waals surface area contributed by atoms with Crippen LogP contribution >= 0.6 is 11.6 Å². The van der Waals surface area contributed by atoms with Gasteiger partial charge in [0.1, 0.15) is 37.1 Å². The number of aliphatic carboxylic acids is 1. The number of carbonyl (C=O) groups excluding carboxylic acids is 2. The van der Waals surface area contributed by atoms with E-state index >= 15 is 8.78 Å². The summed E-state index contributed by atoms with van der Waals surface area (Å²) in [7, 11) is -9.99. The van der Waals surface area contributed by atoms with Crippen molar-refractivity contribution in [3.8, 4) is 39.5 Å². The average Bonchev–Trinajstić information content (AvgIpc) is 1.62. The Labute approximate surface area is 727 Å². The molecule has 0 radical (unpaired) electrons. The van der Waals surface area contributed by atoms with Crippen LogP contribution in [0.25, 0.3) is 55.0 Å². The van der Waals surface area contributed by atoms with Crippen molar-refractivity contribution in [1.82, 2.24) is 26.9 Å². The van der Waals surface area contributed by atoms with E-state index in [4.69, 9.17) is 61.8 Å².